The molecule has 0 amide bonds. The van der Waals surface area contributed by atoms with Crippen LogP contribution in [0.15, 0.2) is 0 Å². The van der Waals surface area contributed by atoms with Crippen molar-refractivity contribution in [1.82, 2.24) is 0 Å². The van der Waals surface area contributed by atoms with Gasteiger partial charge in [-0.15, -0.1) is 0 Å². The molecule has 0 spiro atoms. The second-order valence-corrected chi connectivity index (χ2v) is 6.26. The molecule has 1 unspecified atom stereocenters. The fourth-order valence-corrected chi connectivity index (χ4v) is 3.52. The van der Waals surface area contributed by atoms with Crippen LogP contribution in [0.5, 0.6) is 0 Å². The smallest absolute Gasteiger partial charge is 0.394 e. The summed E-state index contributed by atoms with van der Waals surface area (Å²) in [6.45, 7) is 2.64. The lowest BCUT2D eigenvalue weighted by Crippen LogP contribution is -2.07. The number of phosphoric ester groups is 2. The highest BCUT2D eigenvalue weighted by molar-refractivity contribution is 7.61. The molecule has 2 N–H and O–H groups in total. The molecule has 0 aliphatic carbocycles. The van der Waals surface area contributed by atoms with E-state index in [1.165, 1.54) is 13.8 Å². The van der Waals surface area contributed by atoms with Gasteiger partial charge in [0.25, 0.3) is 0 Å². The lowest BCUT2D eigenvalue weighted by Gasteiger charge is -2.19. The van der Waals surface area contributed by atoms with Crippen molar-refractivity contribution >= 4 is 15.6 Å². The molecule has 0 saturated carbocycles. The summed E-state index contributed by atoms with van der Waals surface area (Å²) >= 11 is 0. The quantitative estimate of drug-likeness (QED) is 0.404. The van der Waals surface area contributed by atoms with Gasteiger partial charge in [0, 0.05) is 0 Å². The molecule has 0 heterocycles. The van der Waals surface area contributed by atoms with E-state index in [4.69, 9.17) is 9.84 Å². The summed E-state index contributed by atoms with van der Waals surface area (Å²) in [6.07, 6.45) is 0. The minimum atomic E-state index is -4.58. The Morgan fingerprint density at radius 1 is 0.947 bits per heavy atom. The van der Waals surface area contributed by atoms with Crippen molar-refractivity contribution in [3.8, 4) is 0 Å². The van der Waals surface area contributed by atoms with Crippen LogP contribution >= 0.6 is 15.6 Å². The highest BCUT2D eigenvalue weighted by atomic mass is 31.3. The zero-order chi connectivity index (χ0) is 14.8. The third-order valence-electron chi connectivity index (χ3n) is 1.50. The minimum Gasteiger partial charge on any atom is -0.394 e. The molecule has 9 nitrogen and oxygen atoms in total. The maximum Gasteiger partial charge on any atom is 0.483 e. The number of hydrogen-bond acceptors (Lipinski definition) is 8. The highest BCUT2D eigenvalue weighted by Gasteiger charge is 2.37. The normalized spacial score (nSPS) is 15.4. The van der Waals surface area contributed by atoms with Gasteiger partial charge in [0.05, 0.1) is 39.6 Å². The number of aliphatic hydroxyl groups is 1. The number of rotatable bonds is 12. The first kappa shape index (κ1) is 19.2. The average molecular weight is 322 g/mol. The van der Waals surface area contributed by atoms with Crippen LogP contribution in [0.4, 0.5) is 0 Å². The summed E-state index contributed by atoms with van der Waals surface area (Å²) < 4.78 is 46.4. The maximum atomic E-state index is 11.8. The molecule has 1 atom stereocenters. The van der Waals surface area contributed by atoms with E-state index in [0.29, 0.717) is 0 Å². The molecule has 0 bridgehead atoms. The van der Waals surface area contributed by atoms with Gasteiger partial charge in [0.1, 0.15) is 0 Å². The van der Waals surface area contributed by atoms with Gasteiger partial charge in [-0.05, 0) is 13.8 Å². The molecule has 19 heavy (non-hydrogen) atoms. The Kier molecular flexibility index (Phi) is 10.1. The van der Waals surface area contributed by atoms with Crippen LogP contribution in [0.1, 0.15) is 13.8 Å². The van der Waals surface area contributed by atoms with Crippen LogP contribution in [-0.2, 0) is 31.7 Å². The fourth-order valence-electron chi connectivity index (χ4n) is 0.929. The van der Waals surface area contributed by atoms with Gasteiger partial charge >= 0.3 is 15.6 Å². The fraction of sp³-hybridized carbons (Fsp3) is 1.00. The topological polar surface area (TPSA) is 121 Å². The summed E-state index contributed by atoms with van der Waals surface area (Å²) in [7, 11) is -8.70. The Balaban J connectivity index is 4.23. The largest absolute Gasteiger partial charge is 0.483 e. The summed E-state index contributed by atoms with van der Waals surface area (Å²) in [5.41, 5.74) is 0. The second kappa shape index (κ2) is 9.99. The van der Waals surface area contributed by atoms with Gasteiger partial charge in [-0.1, -0.05) is 0 Å². The van der Waals surface area contributed by atoms with Gasteiger partial charge in [0.15, 0.2) is 0 Å². The van der Waals surface area contributed by atoms with Crippen LogP contribution in [0.25, 0.3) is 0 Å². The van der Waals surface area contributed by atoms with Gasteiger partial charge in [-0.3, -0.25) is 13.6 Å². The zero-order valence-electron chi connectivity index (χ0n) is 10.9. The molecular weight excluding hydrogens is 302 g/mol. The molecule has 0 aromatic heterocycles. The summed E-state index contributed by atoms with van der Waals surface area (Å²) in [5, 5.41) is 8.43. The first-order chi connectivity index (χ1) is 8.89. The third-order valence-corrected chi connectivity index (χ3v) is 4.78. The van der Waals surface area contributed by atoms with E-state index in [-0.39, 0.29) is 39.6 Å². The Bertz CT molecular complexity index is 311. The highest BCUT2D eigenvalue weighted by Crippen LogP contribution is 2.63. The molecule has 0 rings (SSSR count). The monoisotopic (exact) mass is 322 g/mol. The summed E-state index contributed by atoms with van der Waals surface area (Å²) in [6, 6.07) is 0. The van der Waals surface area contributed by atoms with E-state index >= 15 is 0 Å². The van der Waals surface area contributed by atoms with Crippen LogP contribution < -0.4 is 0 Å². The third kappa shape index (κ3) is 9.67. The molecule has 116 valence electrons. The van der Waals surface area contributed by atoms with Crippen molar-refractivity contribution in [2.24, 2.45) is 0 Å². The first-order valence-corrected chi connectivity index (χ1v) is 8.61. The Morgan fingerprint density at radius 3 is 2.00 bits per heavy atom. The first-order valence-electron chi connectivity index (χ1n) is 5.65. The molecule has 0 aromatic rings. The molecule has 0 aromatic carbocycles. The number of hydrogen-bond donors (Lipinski definition) is 2. The van der Waals surface area contributed by atoms with Crippen molar-refractivity contribution in [1.29, 1.82) is 0 Å². The lowest BCUT2D eigenvalue weighted by atomic mass is 10.7. The van der Waals surface area contributed by atoms with Crippen LogP contribution in [0.3, 0.4) is 0 Å². The molecule has 0 aliphatic rings. The SMILES string of the molecule is CCOP(=O)(OCC)OP(=O)(O)OCCOCCO. The van der Waals surface area contributed by atoms with Crippen LogP contribution in [0.2, 0.25) is 0 Å². The van der Waals surface area contributed by atoms with Crippen LogP contribution in [-0.4, -0.2) is 49.6 Å². The van der Waals surface area contributed by atoms with Crippen molar-refractivity contribution in [2.45, 2.75) is 13.8 Å². The summed E-state index contributed by atoms with van der Waals surface area (Å²) in [4.78, 5) is 9.33. The van der Waals surface area contributed by atoms with E-state index in [0.717, 1.165) is 0 Å². The Morgan fingerprint density at radius 2 is 1.53 bits per heavy atom. The number of aliphatic hydroxyl groups excluding tert-OH is 1. The second-order valence-electron chi connectivity index (χ2n) is 3.00. The van der Waals surface area contributed by atoms with E-state index in [9.17, 15) is 14.0 Å². The molecule has 11 heteroatoms. The standard InChI is InChI=1S/C8H20O9P2/c1-3-14-19(12,15-4-2)17-18(10,11)16-8-7-13-6-5-9/h9H,3-8H2,1-2H3,(H,10,11). The van der Waals surface area contributed by atoms with Gasteiger partial charge in [-0.2, -0.15) is 4.31 Å². The van der Waals surface area contributed by atoms with Crippen molar-refractivity contribution in [3.05, 3.63) is 0 Å². The average Bonchev–Trinajstić information content (AvgIpc) is 2.28. The number of phosphoric acid groups is 2. The lowest BCUT2D eigenvalue weighted by molar-refractivity contribution is 0.0596. The van der Waals surface area contributed by atoms with E-state index in [1.54, 1.807) is 0 Å². The Hall–Kier alpha value is 0.180. The molecule has 0 aliphatic heterocycles. The predicted octanol–water partition coefficient (Wildman–Crippen LogP) is 1.31. The van der Waals surface area contributed by atoms with E-state index in [2.05, 4.69) is 17.9 Å². The maximum absolute atomic E-state index is 11.8. The molecule has 0 saturated heterocycles. The minimum absolute atomic E-state index is 0.0170. The Labute approximate surface area is 112 Å². The van der Waals surface area contributed by atoms with Gasteiger partial charge in [0.2, 0.25) is 0 Å². The zero-order valence-corrected chi connectivity index (χ0v) is 12.7. The van der Waals surface area contributed by atoms with E-state index in [1.807, 2.05) is 0 Å². The van der Waals surface area contributed by atoms with Crippen LogP contribution in [0, 0.1) is 0 Å². The summed E-state index contributed by atoms with van der Waals surface area (Å²) in [5.74, 6) is 0. The van der Waals surface area contributed by atoms with Crippen molar-refractivity contribution < 1.29 is 41.7 Å². The van der Waals surface area contributed by atoms with Gasteiger partial charge in [-0.25, -0.2) is 9.13 Å². The number of ether oxygens (including phenoxy) is 1. The molecule has 0 fully saturated rings. The predicted molar refractivity (Wildman–Crippen MR) is 65.6 cm³/mol. The van der Waals surface area contributed by atoms with Crippen molar-refractivity contribution in [2.75, 3.05) is 39.6 Å². The van der Waals surface area contributed by atoms with Crippen molar-refractivity contribution in [3.63, 3.8) is 0 Å². The van der Waals surface area contributed by atoms with Gasteiger partial charge < -0.3 is 14.7 Å². The van der Waals surface area contributed by atoms with E-state index < -0.39 is 15.6 Å². The molecule has 0 radical (unpaired) electrons. The molecular formula is C8H20O9P2.